The maximum atomic E-state index is 12.9. The number of likely N-dealkylation sites (tertiary alicyclic amines) is 2. The molecule has 0 unspecified atom stereocenters. The van der Waals surface area contributed by atoms with Gasteiger partial charge in [0.25, 0.3) is 8.32 Å². The number of carbonyl (C=O) groups is 2. The summed E-state index contributed by atoms with van der Waals surface area (Å²) in [6.07, 6.45) is 14.7. The zero-order valence-electron chi connectivity index (χ0n) is 51.0. The number of ether oxygens (including phenoxy) is 2. The van der Waals surface area contributed by atoms with Crippen LogP contribution in [0.3, 0.4) is 0 Å². The zero-order valence-corrected chi connectivity index (χ0v) is 53.6. The largest absolute Gasteiger partial charge is 0.465 e. The molecule has 2 aliphatic carbocycles. The van der Waals surface area contributed by atoms with Gasteiger partial charge in [0.15, 0.2) is 0 Å². The van der Waals surface area contributed by atoms with Gasteiger partial charge < -0.3 is 33.5 Å². The Labute approximate surface area is 492 Å². The average Bonchev–Trinajstić information content (AvgIpc) is 3.63. The molecule has 0 bridgehead atoms. The number of anilines is 2. The van der Waals surface area contributed by atoms with Gasteiger partial charge in [-0.1, -0.05) is 122 Å². The second-order valence-electron chi connectivity index (χ2n) is 24.1. The summed E-state index contributed by atoms with van der Waals surface area (Å²) in [5.74, 6) is 9.74. The molecule has 0 aromatic heterocycles. The second-order valence-corrected chi connectivity index (χ2v) is 29.2. The van der Waals surface area contributed by atoms with E-state index in [1.165, 1.54) is 76.2 Å². The molecule has 11 nitrogen and oxygen atoms in total. The summed E-state index contributed by atoms with van der Waals surface area (Å²) < 4.78 is 18.4. The monoisotopic (exact) mass is 1170 g/mol. The van der Waals surface area contributed by atoms with E-state index in [2.05, 4.69) is 206 Å². The molecule has 4 aliphatic rings. The standard InChI is InChI=1S/C41H55N3O3Si.C19H29BrN2O2.C7H11N/c1-9-44(34-24-22-33(23-25-34)42(6)7)39-28-32(27-38(31(39)2)40(45)46-8)17-16-26-43-29-35(30-43)47-48(41(3,4)5,36-18-12-10-13-19-36)37-20-14-11-15-21-37;1-6-22(16-9-7-15(8-10-16)21(3)4)18-12-14(20)11-17(13(18)2)19(23)24-5;1-3-4-8-5-7(2)6-8/h10-15,18-21,27-28,33-35H,9,22-26,29-30H2,1-8H3;11-12,15-16H,6-10H2,1-5H3;1,7H,4-6H2,2H3. The minimum atomic E-state index is -2.58. The van der Waals surface area contributed by atoms with Gasteiger partial charge in [-0.2, -0.15) is 0 Å². The molecule has 0 spiro atoms. The first-order valence-corrected chi connectivity index (χ1v) is 32.0. The van der Waals surface area contributed by atoms with E-state index in [1.807, 2.05) is 26.0 Å². The van der Waals surface area contributed by atoms with E-state index in [1.54, 1.807) is 0 Å². The van der Waals surface area contributed by atoms with Gasteiger partial charge in [0.05, 0.1) is 44.5 Å². The van der Waals surface area contributed by atoms with Crippen LogP contribution in [0.4, 0.5) is 11.4 Å². The van der Waals surface area contributed by atoms with Crippen molar-refractivity contribution in [3.63, 3.8) is 0 Å². The first kappa shape index (κ1) is 64.2. The summed E-state index contributed by atoms with van der Waals surface area (Å²) in [7, 11) is 9.01. The van der Waals surface area contributed by atoms with E-state index in [-0.39, 0.29) is 23.1 Å². The Morgan fingerprint density at radius 1 is 0.650 bits per heavy atom. The summed E-state index contributed by atoms with van der Waals surface area (Å²) in [6, 6.07) is 32.1. The molecule has 8 rings (SSSR count). The highest BCUT2D eigenvalue weighted by molar-refractivity contribution is 9.10. The van der Waals surface area contributed by atoms with Crippen molar-refractivity contribution in [2.75, 3.05) is 105 Å². The van der Waals surface area contributed by atoms with Crippen molar-refractivity contribution in [1.82, 2.24) is 19.6 Å². The van der Waals surface area contributed by atoms with E-state index < -0.39 is 8.32 Å². The molecule has 434 valence electrons. The van der Waals surface area contributed by atoms with Crippen LogP contribution >= 0.6 is 15.9 Å². The fourth-order valence-corrected chi connectivity index (χ4v) is 17.8. The molecule has 4 fully saturated rings. The number of rotatable bonds is 16. The van der Waals surface area contributed by atoms with Crippen LogP contribution in [0.25, 0.3) is 0 Å². The SMILES string of the molecule is C#CCN1CC(C)C1.CCN(c1cc(Br)cc(C(=O)OC)c1C)C1CCC(N(C)C)CC1.CCN(c1cc(C#CCN2CC(O[Si](c3ccccc3)(c3ccccc3)C(C)(C)C)C2)cc(C(=O)OC)c1C)C1CCC(N(C)C)CC1. The Morgan fingerprint density at radius 2 is 1.07 bits per heavy atom. The van der Waals surface area contributed by atoms with Crippen molar-refractivity contribution in [3.8, 4) is 24.2 Å². The van der Waals surface area contributed by atoms with Crippen molar-refractivity contribution < 1.29 is 23.5 Å². The maximum Gasteiger partial charge on any atom is 0.338 e. The number of hydrogen-bond acceptors (Lipinski definition) is 11. The third-order valence-corrected chi connectivity index (χ3v) is 22.7. The normalized spacial score (nSPS) is 19.9. The summed E-state index contributed by atoms with van der Waals surface area (Å²) in [6.45, 7) is 25.1. The molecule has 0 atom stereocenters. The Morgan fingerprint density at radius 3 is 1.48 bits per heavy atom. The van der Waals surface area contributed by atoms with E-state index in [0.717, 1.165) is 84.0 Å². The molecule has 2 heterocycles. The lowest BCUT2D eigenvalue weighted by atomic mass is 9.88. The molecule has 80 heavy (non-hydrogen) atoms. The van der Waals surface area contributed by atoms with Crippen LogP contribution in [-0.4, -0.2) is 165 Å². The molecule has 2 aliphatic heterocycles. The number of hydrogen-bond donors (Lipinski definition) is 0. The second kappa shape index (κ2) is 29.8. The van der Waals surface area contributed by atoms with Gasteiger partial charge >= 0.3 is 11.9 Å². The molecule has 0 amide bonds. The smallest absolute Gasteiger partial charge is 0.338 e. The lowest BCUT2D eigenvalue weighted by Gasteiger charge is -2.49. The van der Waals surface area contributed by atoms with Gasteiger partial charge in [-0.05, 0) is 164 Å². The van der Waals surface area contributed by atoms with E-state index in [9.17, 15) is 9.59 Å². The molecule has 2 saturated carbocycles. The van der Waals surface area contributed by atoms with Crippen LogP contribution in [0.1, 0.15) is 130 Å². The van der Waals surface area contributed by atoms with Crippen LogP contribution < -0.4 is 20.2 Å². The number of halogens is 1. The minimum absolute atomic E-state index is 0.0471. The predicted molar refractivity (Wildman–Crippen MR) is 338 cm³/mol. The van der Waals surface area contributed by atoms with Gasteiger partial charge in [0.2, 0.25) is 0 Å². The topological polar surface area (TPSA) is 81.3 Å². The summed E-state index contributed by atoms with van der Waals surface area (Å²) >= 11 is 3.55. The quantitative estimate of drug-likeness (QED) is 0.0611. The van der Waals surface area contributed by atoms with Crippen molar-refractivity contribution in [1.29, 1.82) is 0 Å². The fourth-order valence-electron chi connectivity index (χ4n) is 12.7. The first-order valence-electron chi connectivity index (χ1n) is 29.3. The highest BCUT2D eigenvalue weighted by Gasteiger charge is 2.52. The third kappa shape index (κ3) is 16.0. The van der Waals surface area contributed by atoms with Gasteiger partial charge in [-0.25, -0.2) is 9.59 Å². The van der Waals surface area contributed by atoms with Crippen LogP contribution in [0.5, 0.6) is 0 Å². The van der Waals surface area contributed by atoms with Crippen molar-refractivity contribution in [2.45, 2.75) is 142 Å². The van der Waals surface area contributed by atoms with Crippen molar-refractivity contribution >= 4 is 57.9 Å². The van der Waals surface area contributed by atoms with Crippen LogP contribution in [-0.2, 0) is 13.9 Å². The molecule has 2 saturated heterocycles. The molecule has 13 heteroatoms. The first-order chi connectivity index (χ1) is 38.2. The minimum Gasteiger partial charge on any atom is -0.465 e. The zero-order chi connectivity index (χ0) is 58.3. The Bertz CT molecular complexity index is 2680. The highest BCUT2D eigenvalue weighted by atomic mass is 79.9. The van der Waals surface area contributed by atoms with E-state index in [4.69, 9.17) is 20.3 Å². The summed E-state index contributed by atoms with van der Waals surface area (Å²) in [5, 5.41) is 2.57. The van der Waals surface area contributed by atoms with Gasteiger partial charge in [-0.3, -0.25) is 9.80 Å². The number of esters is 2. The Kier molecular flexibility index (Phi) is 24.0. The van der Waals surface area contributed by atoms with Gasteiger partial charge in [0.1, 0.15) is 0 Å². The number of nitrogens with zero attached hydrogens (tertiary/aromatic N) is 6. The summed E-state index contributed by atoms with van der Waals surface area (Å²) in [4.78, 5) is 39.2. The molecular formula is C67H95BrN6O5Si. The number of methoxy groups -OCH3 is 2. The Balaban J connectivity index is 0.000000265. The lowest BCUT2D eigenvalue weighted by Crippen LogP contribution is -2.70. The van der Waals surface area contributed by atoms with Crippen LogP contribution in [0, 0.1) is 44.0 Å². The van der Waals surface area contributed by atoms with Crippen molar-refractivity contribution in [2.24, 2.45) is 5.92 Å². The molecule has 0 radical (unpaired) electrons. The Hall–Kier alpha value is -4.96. The van der Waals surface area contributed by atoms with Gasteiger partial charge in [0, 0.05) is 84.8 Å². The lowest BCUT2D eigenvalue weighted by molar-refractivity contribution is 0.0226. The molecule has 0 N–H and O–H groups in total. The average molecular weight is 1170 g/mol. The molecule has 4 aromatic carbocycles. The highest BCUT2D eigenvalue weighted by Crippen LogP contribution is 2.39. The molecule has 4 aromatic rings. The fraction of sp³-hybridized carbons (Fsp3) is 0.552. The molecular weight excluding hydrogens is 1080 g/mol. The van der Waals surface area contributed by atoms with E-state index in [0.29, 0.717) is 41.8 Å². The van der Waals surface area contributed by atoms with Crippen molar-refractivity contribution in [3.05, 3.63) is 117 Å². The number of terminal acetylenes is 1. The number of carbonyl (C=O) groups excluding carboxylic acids is 2. The third-order valence-electron chi connectivity index (χ3n) is 17.2. The van der Waals surface area contributed by atoms with Gasteiger partial charge in [-0.15, -0.1) is 6.42 Å². The van der Waals surface area contributed by atoms with Crippen LogP contribution in [0.2, 0.25) is 5.04 Å². The van der Waals surface area contributed by atoms with E-state index >= 15 is 0 Å². The maximum absolute atomic E-state index is 12.9. The number of benzene rings is 4. The van der Waals surface area contributed by atoms with Crippen LogP contribution in [0.15, 0.2) is 89.4 Å². The predicted octanol–water partition coefficient (Wildman–Crippen LogP) is 10.9. The summed E-state index contributed by atoms with van der Waals surface area (Å²) in [5.41, 5.74) is 6.31.